The molecule has 0 unspecified atom stereocenters. The van der Waals surface area contributed by atoms with Crippen molar-refractivity contribution in [1.29, 1.82) is 0 Å². The molecule has 6 heteroatoms. The molecule has 0 radical (unpaired) electrons. The van der Waals surface area contributed by atoms with Gasteiger partial charge in [-0.05, 0) is 53.4 Å². The number of aryl methyl sites for hydroxylation is 1. The Balaban J connectivity index is 2.34. The first-order chi connectivity index (χ1) is 9.02. The molecular formula is C13H13BrN2O2S. The summed E-state index contributed by atoms with van der Waals surface area (Å²) < 4.78 is 10.3. The van der Waals surface area contributed by atoms with E-state index in [4.69, 9.17) is 4.74 Å². The van der Waals surface area contributed by atoms with Crippen molar-refractivity contribution in [1.82, 2.24) is 4.37 Å². The lowest BCUT2D eigenvalue weighted by Gasteiger charge is -2.08. The van der Waals surface area contributed by atoms with Gasteiger partial charge < -0.3 is 10.1 Å². The number of nitrogens with zero attached hydrogens (tertiary/aromatic N) is 1. The van der Waals surface area contributed by atoms with E-state index in [1.807, 2.05) is 25.1 Å². The molecule has 0 aliphatic rings. The van der Waals surface area contributed by atoms with Crippen molar-refractivity contribution in [3.05, 3.63) is 33.9 Å². The van der Waals surface area contributed by atoms with Crippen molar-refractivity contribution in [2.75, 3.05) is 12.4 Å². The maximum absolute atomic E-state index is 11.6. The summed E-state index contributed by atoms with van der Waals surface area (Å²) in [7, 11) is 1.61. The summed E-state index contributed by atoms with van der Waals surface area (Å²) in [5.74, 6) is 0.744. The number of rotatable bonds is 4. The van der Waals surface area contributed by atoms with Gasteiger partial charge in [-0.2, -0.15) is 4.37 Å². The number of ketones is 1. The number of anilines is 2. The summed E-state index contributed by atoms with van der Waals surface area (Å²) in [6, 6.07) is 5.66. The smallest absolute Gasteiger partial charge is 0.164 e. The first kappa shape index (κ1) is 14.0. The molecular weight excluding hydrogens is 328 g/mol. The third-order valence-electron chi connectivity index (χ3n) is 2.62. The van der Waals surface area contributed by atoms with E-state index < -0.39 is 0 Å². The summed E-state index contributed by atoms with van der Waals surface area (Å²) in [4.78, 5) is 11.6. The van der Waals surface area contributed by atoms with Crippen LogP contribution in [-0.4, -0.2) is 17.3 Å². The Hall–Kier alpha value is -1.40. The molecule has 0 saturated heterocycles. The Bertz CT molecular complexity index is 625. The fraction of sp³-hybridized carbons (Fsp3) is 0.231. The van der Waals surface area contributed by atoms with E-state index >= 15 is 0 Å². The minimum absolute atomic E-state index is 0.0119. The highest BCUT2D eigenvalue weighted by Crippen LogP contribution is 2.32. The van der Waals surface area contributed by atoms with Gasteiger partial charge in [0, 0.05) is 11.8 Å². The van der Waals surface area contributed by atoms with Crippen LogP contribution in [0.4, 0.5) is 10.7 Å². The lowest BCUT2D eigenvalue weighted by atomic mass is 10.2. The number of carbonyl (C=O) groups is 1. The number of benzene rings is 1. The zero-order valence-electron chi connectivity index (χ0n) is 10.8. The Kier molecular flexibility index (Phi) is 4.21. The topological polar surface area (TPSA) is 51.2 Å². The van der Waals surface area contributed by atoms with Gasteiger partial charge in [-0.15, -0.1) is 0 Å². The molecule has 0 saturated carbocycles. The molecule has 0 aliphatic carbocycles. The lowest BCUT2D eigenvalue weighted by molar-refractivity contribution is 0.101. The van der Waals surface area contributed by atoms with Gasteiger partial charge in [0.1, 0.15) is 10.8 Å². The molecule has 0 atom stereocenters. The molecule has 0 aliphatic heterocycles. The molecule has 0 amide bonds. The number of aromatic nitrogens is 1. The van der Waals surface area contributed by atoms with Crippen LogP contribution < -0.4 is 10.1 Å². The number of methoxy groups -OCH3 is 1. The second-order valence-electron chi connectivity index (χ2n) is 4.00. The third-order valence-corrected chi connectivity index (χ3v) is 4.13. The zero-order valence-corrected chi connectivity index (χ0v) is 13.2. The largest absolute Gasteiger partial charge is 0.495 e. The van der Waals surface area contributed by atoms with Crippen molar-refractivity contribution >= 4 is 43.9 Å². The van der Waals surface area contributed by atoms with E-state index in [0.717, 1.165) is 26.6 Å². The van der Waals surface area contributed by atoms with E-state index in [1.165, 1.54) is 11.5 Å². The first-order valence-electron chi connectivity index (χ1n) is 5.60. The first-order valence-corrected chi connectivity index (χ1v) is 7.17. The number of carbonyl (C=O) groups excluding carboxylic acids is 1. The summed E-state index contributed by atoms with van der Waals surface area (Å²) in [6.45, 7) is 3.38. The van der Waals surface area contributed by atoms with E-state index in [0.29, 0.717) is 5.56 Å². The van der Waals surface area contributed by atoms with Gasteiger partial charge in [-0.25, -0.2) is 0 Å². The number of hydrogen-bond acceptors (Lipinski definition) is 5. The van der Waals surface area contributed by atoms with Gasteiger partial charge in [0.25, 0.3) is 0 Å². The Morgan fingerprint density at radius 1 is 1.47 bits per heavy atom. The Morgan fingerprint density at radius 3 is 2.84 bits per heavy atom. The Labute approximate surface area is 124 Å². The lowest BCUT2D eigenvalue weighted by Crippen LogP contribution is -1.99. The number of halogens is 1. The normalized spacial score (nSPS) is 10.3. The minimum Gasteiger partial charge on any atom is -0.495 e. The van der Waals surface area contributed by atoms with Crippen LogP contribution in [0.2, 0.25) is 0 Å². The SMILES string of the molecule is COc1cc(Nc2snc(C)c2C(C)=O)ccc1Br. The number of hydrogen-bond donors (Lipinski definition) is 1. The standard InChI is InChI=1S/C13H13BrN2O2S/c1-7-12(8(2)17)13(19-16-7)15-9-4-5-10(14)11(6-9)18-3/h4-6,15H,1-3H3. The molecule has 2 rings (SSSR count). The zero-order chi connectivity index (χ0) is 14.0. The number of Topliss-reactive ketones (excluding diaryl/α,β-unsaturated/α-hetero) is 1. The molecule has 1 heterocycles. The monoisotopic (exact) mass is 340 g/mol. The Morgan fingerprint density at radius 2 is 2.21 bits per heavy atom. The molecule has 0 fully saturated rings. The molecule has 100 valence electrons. The van der Waals surface area contributed by atoms with Crippen LogP contribution in [0.3, 0.4) is 0 Å². The van der Waals surface area contributed by atoms with Gasteiger partial charge >= 0.3 is 0 Å². The second-order valence-corrected chi connectivity index (χ2v) is 5.63. The fourth-order valence-electron chi connectivity index (χ4n) is 1.74. The molecule has 0 bridgehead atoms. The van der Waals surface area contributed by atoms with Crippen LogP contribution in [-0.2, 0) is 0 Å². The maximum Gasteiger partial charge on any atom is 0.164 e. The van der Waals surface area contributed by atoms with Crippen LogP contribution in [0, 0.1) is 6.92 Å². The van der Waals surface area contributed by atoms with Crippen LogP contribution in [0.5, 0.6) is 5.75 Å². The quantitative estimate of drug-likeness (QED) is 0.848. The fourth-order valence-corrected chi connectivity index (χ4v) is 3.01. The van der Waals surface area contributed by atoms with Crippen molar-refractivity contribution in [2.24, 2.45) is 0 Å². The predicted octanol–water partition coefficient (Wildman–Crippen LogP) is 4.17. The van der Waals surface area contributed by atoms with Crippen molar-refractivity contribution in [2.45, 2.75) is 13.8 Å². The molecule has 2 aromatic rings. The van der Waals surface area contributed by atoms with Gasteiger partial charge in [0.15, 0.2) is 5.78 Å². The molecule has 0 spiro atoms. The average molecular weight is 341 g/mol. The molecule has 1 N–H and O–H groups in total. The van der Waals surface area contributed by atoms with Gasteiger partial charge in [0.05, 0.1) is 22.8 Å². The van der Waals surface area contributed by atoms with E-state index in [2.05, 4.69) is 25.6 Å². The summed E-state index contributed by atoms with van der Waals surface area (Å²) in [5, 5.41) is 3.97. The number of ether oxygens (including phenoxy) is 1. The van der Waals surface area contributed by atoms with Crippen LogP contribution in [0.15, 0.2) is 22.7 Å². The van der Waals surface area contributed by atoms with Gasteiger partial charge in [-0.1, -0.05) is 0 Å². The molecule has 1 aromatic carbocycles. The minimum atomic E-state index is 0.0119. The third kappa shape index (κ3) is 2.96. The van der Waals surface area contributed by atoms with Crippen molar-refractivity contribution in [3.63, 3.8) is 0 Å². The molecule has 19 heavy (non-hydrogen) atoms. The summed E-state index contributed by atoms with van der Waals surface area (Å²) in [5.41, 5.74) is 2.25. The predicted molar refractivity (Wildman–Crippen MR) is 80.8 cm³/mol. The van der Waals surface area contributed by atoms with Crippen molar-refractivity contribution in [3.8, 4) is 5.75 Å². The van der Waals surface area contributed by atoms with Crippen molar-refractivity contribution < 1.29 is 9.53 Å². The van der Waals surface area contributed by atoms with E-state index in [9.17, 15) is 4.79 Å². The highest BCUT2D eigenvalue weighted by molar-refractivity contribution is 9.10. The molecule has 1 aromatic heterocycles. The highest BCUT2D eigenvalue weighted by atomic mass is 79.9. The number of nitrogens with one attached hydrogen (secondary N) is 1. The van der Waals surface area contributed by atoms with Gasteiger partial charge in [-0.3, -0.25) is 4.79 Å². The summed E-state index contributed by atoms with van der Waals surface area (Å²) >= 11 is 4.68. The van der Waals surface area contributed by atoms with E-state index in [1.54, 1.807) is 14.0 Å². The van der Waals surface area contributed by atoms with Crippen LogP contribution >= 0.6 is 27.5 Å². The summed E-state index contributed by atoms with van der Waals surface area (Å²) in [6.07, 6.45) is 0. The van der Waals surface area contributed by atoms with E-state index in [-0.39, 0.29) is 5.78 Å². The van der Waals surface area contributed by atoms with Gasteiger partial charge in [0.2, 0.25) is 0 Å². The highest BCUT2D eigenvalue weighted by Gasteiger charge is 2.15. The van der Waals surface area contributed by atoms with Crippen LogP contribution in [0.1, 0.15) is 23.0 Å². The molecule has 4 nitrogen and oxygen atoms in total. The maximum atomic E-state index is 11.6. The van der Waals surface area contributed by atoms with Crippen LogP contribution in [0.25, 0.3) is 0 Å². The second kappa shape index (κ2) is 5.71. The average Bonchev–Trinajstić information content (AvgIpc) is 2.73.